The molecular formula is C14H19F2N. The molecule has 0 bridgehead atoms. The molecule has 94 valence electrons. The van der Waals surface area contributed by atoms with Crippen LogP contribution in [-0.2, 0) is 0 Å². The van der Waals surface area contributed by atoms with E-state index in [-0.39, 0.29) is 17.4 Å². The topological polar surface area (TPSA) is 26.0 Å². The van der Waals surface area contributed by atoms with Gasteiger partial charge in [0, 0.05) is 6.04 Å². The maximum atomic E-state index is 13.3. The largest absolute Gasteiger partial charge is 0.327 e. The second kappa shape index (κ2) is 4.37. The van der Waals surface area contributed by atoms with Gasteiger partial charge < -0.3 is 5.73 Å². The Morgan fingerprint density at radius 3 is 2.35 bits per heavy atom. The molecule has 2 atom stereocenters. The smallest absolute Gasteiger partial charge is 0.159 e. The molecule has 1 fully saturated rings. The monoisotopic (exact) mass is 239 g/mol. The van der Waals surface area contributed by atoms with Gasteiger partial charge in [-0.25, -0.2) is 8.78 Å². The zero-order chi connectivity index (χ0) is 12.6. The van der Waals surface area contributed by atoms with E-state index >= 15 is 0 Å². The molecule has 0 spiro atoms. The van der Waals surface area contributed by atoms with Gasteiger partial charge in [-0.2, -0.15) is 0 Å². The average Bonchev–Trinajstić information content (AvgIpc) is 2.32. The van der Waals surface area contributed by atoms with Crippen LogP contribution in [0.25, 0.3) is 0 Å². The van der Waals surface area contributed by atoms with Gasteiger partial charge in [-0.3, -0.25) is 0 Å². The fraction of sp³-hybridized carbons (Fsp3) is 0.571. The maximum absolute atomic E-state index is 13.3. The van der Waals surface area contributed by atoms with Gasteiger partial charge in [0.05, 0.1) is 0 Å². The minimum absolute atomic E-state index is 0.0598. The Bertz CT molecular complexity index is 413. The van der Waals surface area contributed by atoms with Gasteiger partial charge in [-0.1, -0.05) is 19.9 Å². The quantitative estimate of drug-likeness (QED) is 0.857. The van der Waals surface area contributed by atoms with Crippen molar-refractivity contribution in [1.82, 2.24) is 0 Å². The van der Waals surface area contributed by atoms with Gasteiger partial charge in [0.15, 0.2) is 11.6 Å². The second-order valence-corrected chi connectivity index (χ2v) is 5.01. The molecule has 0 radical (unpaired) electrons. The Balaban J connectivity index is 2.32. The molecule has 0 aromatic heterocycles. The lowest BCUT2D eigenvalue weighted by Crippen LogP contribution is -2.55. The zero-order valence-corrected chi connectivity index (χ0v) is 10.3. The van der Waals surface area contributed by atoms with Crippen LogP contribution in [0.4, 0.5) is 8.78 Å². The SMILES string of the molecule is CCC1(CC)C(N)CC1c1ccc(F)c(F)c1. The Morgan fingerprint density at radius 1 is 1.24 bits per heavy atom. The number of benzene rings is 1. The van der Waals surface area contributed by atoms with Crippen molar-refractivity contribution in [1.29, 1.82) is 0 Å². The first-order valence-electron chi connectivity index (χ1n) is 6.25. The summed E-state index contributed by atoms with van der Waals surface area (Å²) in [6.07, 6.45) is 2.83. The van der Waals surface area contributed by atoms with E-state index in [0.29, 0.717) is 0 Å². The van der Waals surface area contributed by atoms with Crippen molar-refractivity contribution in [2.24, 2.45) is 11.1 Å². The number of rotatable bonds is 3. The molecule has 3 heteroatoms. The highest BCUT2D eigenvalue weighted by Gasteiger charge is 2.51. The van der Waals surface area contributed by atoms with Crippen LogP contribution in [-0.4, -0.2) is 6.04 Å². The number of hydrogen-bond acceptors (Lipinski definition) is 1. The third-order valence-electron chi connectivity index (χ3n) is 4.58. The van der Waals surface area contributed by atoms with E-state index in [2.05, 4.69) is 13.8 Å². The van der Waals surface area contributed by atoms with E-state index in [0.717, 1.165) is 24.8 Å². The Kier molecular flexibility index (Phi) is 3.21. The molecule has 17 heavy (non-hydrogen) atoms. The van der Waals surface area contributed by atoms with Gasteiger partial charge in [-0.05, 0) is 48.3 Å². The Labute approximate surface area is 101 Å². The van der Waals surface area contributed by atoms with Crippen LogP contribution in [0.5, 0.6) is 0 Å². The van der Waals surface area contributed by atoms with Crippen LogP contribution in [0.3, 0.4) is 0 Å². The van der Waals surface area contributed by atoms with Crippen LogP contribution < -0.4 is 5.73 Å². The van der Waals surface area contributed by atoms with Gasteiger partial charge in [0.2, 0.25) is 0 Å². The molecule has 1 aromatic rings. The predicted octanol–water partition coefficient (Wildman–Crippen LogP) is 3.59. The molecule has 0 aliphatic heterocycles. The van der Waals surface area contributed by atoms with Crippen molar-refractivity contribution in [2.75, 3.05) is 0 Å². The van der Waals surface area contributed by atoms with Crippen molar-refractivity contribution in [3.8, 4) is 0 Å². The summed E-state index contributed by atoms with van der Waals surface area (Å²) in [6, 6.07) is 4.40. The van der Waals surface area contributed by atoms with Crippen molar-refractivity contribution in [3.05, 3.63) is 35.4 Å². The van der Waals surface area contributed by atoms with Crippen molar-refractivity contribution >= 4 is 0 Å². The molecule has 0 saturated heterocycles. The molecule has 2 N–H and O–H groups in total. The summed E-state index contributed by atoms with van der Waals surface area (Å²) in [4.78, 5) is 0. The summed E-state index contributed by atoms with van der Waals surface area (Å²) in [5.41, 5.74) is 7.05. The molecule has 2 rings (SSSR count). The summed E-state index contributed by atoms with van der Waals surface area (Å²) in [5.74, 6) is -1.28. The molecular weight excluding hydrogens is 220 g/mol. The van der Waals surface area contributed by atoms with Crippen molar-refractivity contribution < 1.29 is 8.78 Å². The maximum Gasteiger partial charge on any atom is 0.159 e. The van der Waals surface area contributed by atoms with E-state index in [9.17, 15) is 8.78 Å². The molecule has 1 saturated carbocycles. The van der Waals surface area contributed by atoms with Crippen LogP contribution in [0.2, 0.25) is 0 Å². The molecule has 1 aliphatic rings. The van der Waals surface area contributed by atoms with E-state index < -0.39 is 11.6 Å². The number of nitrogens with two attached hydrogens (primary N) is 1. The summed E-state index contributed by atoms with van der Waals surface area (Å²) in [6.45, 7) is 4.24. The predicted molar refractivity (Wildman–Crippen MR) is 64.7 cm³/mol. The molecule has 1 aliphatic carbocycles. The Hall–Kier alpha value is -0.960. The van der Waals surface area contributed by atoms with Gasteiger partial charge in [0.25, 0.3) is 0 Å². The first-order chi connectivity index (χ1) is 8.05. The Morgan fingerprint density at radius 2 is 1.88 bits per heavy atom. The van der Waals surface area contributed by atoms with E-state index in [1.165, 1.54) is 12.1 Å². The normalized spacial score (nSPS) is 26.6. The minimum Gasteiger partial charge on any atom is -0.327 e. The van der Waals surface area contributed by atoms with Gasteiger partial charge in [0.1, 0.15) is 0 Å². The summed E-state index contributed by atoms with van der Waals surface area (Å²) < 4.78 is 26.2. The van der Waals surface area contributed by atoms with Crippen molar-refractivity contribution in [3.63, 3.8) is 0 Å². The molecule has 0 heterocycles. The number of hydrogen-bond donors (Lipinski definition) is 1. The summed E-state index contributed by atoms with van der Waals surface area (Å²) >= 11 is 0. The van der Waals surface area contributed by atoms with Gasteiger partial charge in [-0.15, -0.1) is 0 Å². The zero-order valence-electron chi connectivity index (χ0n) is 10.3. The minimum atomic E-state index is -0.782. The first kappa shape index (κ1) is 12.5. The lowest BCUT2D eigenvalue weighted by atomic mass is 9.52. The summed E-state index contributed by atoms with van der Waals surface area (Å²) in [5, 5.41) is 0. The fourth-order valence-electron chi connectivity index (χ4n) is 3.29. The van der Waals surface area contributed by atoms with Crippen LogP contribution in [0, 0.1) is 17.0 Å². The fourth-order valence-corrected chi connectivity index (χ4v) is 3.29. The van der Waals surface area contributed by atoms with E-state index in [1.807, 2.05) is 0 Å². The van der Waals surface area contributed by atoms with Crippen molar-refractivity contribution in [2.45, 2.75) is 45.1 Å². The highest BCUT2D eigenvalue weighted by atomic mass is 19.2. The average molecular weight is 239 g/mol. The third kappa shape index (κ3) is 1.77. The van der Waals surface area contributed by atoms with Crippen LogP contribution >= 0.6 is 0 Å². The third-order valence-corrected chi connectivity index (χ3v) is 4.58. The second-order valence-electron chi connectivity index (χ2n) is 5.01. The lowest BCUT2D eigenvalue weighted by Gasteiger charge is -2.55. The molecule has 2 unspecified atom stereocenters. The first-order valence-corrected chi connectivity index (χ1v) is 6.25. The number of halogens is 2. The lowest BCUT2D eigenvalue weighted by molar-refractivity contribution is 0.0436. The summed E-state index contributed by atoms with van der Waals surface area (Å²) in [7, 11) is 0. The standard InChI is InChI=1S/C14H19F2N/c1-3-14(4-2)10(8-13(14)17)9-5-6-11(15)12(16)7-9/h5-7,10,13H,3-4,8,17H2,1-2H3. The molecule has 0 amide bonds. The van der Waals surface area contributed by atoms with Gasteiger partial charge >= 0.3 is 0 Å². The molecule has 1 nitrogen and oxygen atoms in total. The highest BCUT2D eigenvalue weighted by Crippen LogP contribution is 2.56. The van der Waals surface area contributed by atoms with Crippen LogP contribution in [0.1, 0.15) is 44.6 Å². The van der Waals surface area contributed by atoms with Crippen LogP contribution in [0.15, 0.2) is 18.2 Å². The molecule has 1 aromatic carbocycles. The highest BCUT2D eigenvalue weighted by molar-refractivity contribution is 5.29. The van der Waals surface area contributed by atoms with E-state index in [1.54, 1.807) is 6.07 Å². The van der Waals surface area contributed by atoms with E-state index in [4.69, 9.17) is 5.73 Å².